The molecule has 1 aromatic heterocycles. The minimum atomic E-state index is -0.0979. The number of hydrogen-bond acceptors (Lipinski definition) is 5. The van der Waals surface area contributed by atoms with Crippen molar-refractivity contribution in [2.24, 2.45) is 0 Å². The fourth-order valence-corrected chi connectivity index (χ4v) is 4.59. The highest BCUT2D eigenvalue weighted by molar-refractivity contribution is 5.82. The van der Waals surface area contributed by atoms with Gasteiger partial charge in [-0.1, -0.05) is 6.42 Å². The van der Waals surface area contributed by atoms with Gasteiger partial charge in [-0.15, -0.1) is 0 Å². The first-order chi connectivity index (χ1) is 11.6. The normalized spacial score (nSPS) is 25.7. The van der Waals surface area contributed by atoms with Crippen molar-refractivity contribution in [1.29, 1.82) is 0 Å². The van der Waals surface area contributed by atoms with Gasteiger partial charge in [0.15, 0.2) is 0 Å². The molecule has 2 aliphatic heterocycles. The number of nitrogens with zero attached hydrogens (tertiary/aromatic N) is 2. The van der Waals surface area contributed by atoms with E-state index in [0.29, 0.717) is 0 Å². The molecule has 0 radical (unpaired) electrons. The minimum absolute atomic E-state index is 0.0136. The summed E-state index contributed by atoms with van der Waals surface area (Å²) >= 11 is 0. The molecule has 24 heavy (non-hydrogen) atoms. The molecule has 1 aliphatic carbocycles. The van der Waals surface area contributed by atoms with Crippen LogP contribution in [0.5, 0.6) is 0 Å². The highest BCUT2D eigenvalue weighted by Gasteiger charge is 2.45. The van der Waals surface area contributed by atoms with Crippen LogP contribution in [0, 0.1) is 0 Å². The van der Waals surface area contributed by atoms with Crippen molar-refractivity contribution in [2.75, 3.05) is 25.4 Å². The quantitative estimate of drug-likeness (QED) is 0.687. The number of aromatic nitrogens is 2. The smallest absolute Gasteiger partial charge is 0.255 e. The predicted molar refractivity (Wildman–Crippen MR) is 90.7 cm³/mol. The number of piperidine rings is 2. The average molecular weight is 331 g/mol. The lowest BCUT2D eigenvalue weighted by Gasteiger charge is -2.41. The molecule has 0 saturated carbocycles. The third-order valence-corrected chi connectivity index (χ3v) is 6.03. The van der Waals surface area contributed by atoms with E-state index in [-0.39, 0.29) is 28.9 Å². The molecule has 130 valence electrons. The van der Waals surface area contributed by atoms with E-state index in [1.807, 2.05) is 4.90 Å². The van der Waals surface area contributed by atoms with E-state index in [2.05, 4.69) is 15.3 Å². The zero-order valence-electron chi connectivity index (χ0n) is 13.9. The summed E-state index contributed by atoms with van der Waals surface area (Å²) in [6.45, 7) is 2.42. The molecule has 7 heteroatoms. The van der Waals surface area contributed by atoms with Crippen LogP contribution in [-0.2, 0) is 16.6 Å². The Balaban J connectivity index is 1.49. The Bertz CT molecular complexity index is 699. The van der Waals surface area contributed by atoms with Crippen LogP contribution in [0.2, 0.25) is 0 Å². The third kappa shape index (κ3) is 2.51. The molecule has 2 fully saturated rings. The lowest BCUT2D eigenvalue weighted by atomic mass is 9.76. The number of fused-ring (bicyclic) bond motifs is 2. The topological polar surface area (TPSA) is 104 Å². The number of nitrogens with one attached hydrogen (secondary N) is 2. The number of aromatic amines is 1. The maximum absolute atomic E-state index is 12.7. The van der Waals surface area contributed by atoms with Crippen LogP contribution in [0.3, 0.4) is 0 Å². The van der Waals surface area contributed by atoms with Crippen LogP contribution >= 0.6 is 0 Å². The number of carbonyl (C=O) groups excluding carboxylic acids is 1. The first kappa shape index (κ1) is 15.6. The Morgan fingerprint density at radius 1 is 1.25 bits per heavy atom. The summed E-state index contributed by atoms with van der Waals surface area (Å²) in [5, 5.41) is 3.34. The van der Waals surface area contributed by atoms with E-state index in [1.165, 1.54) is 0 Å². The SMILES string of the molecule is Nc1nc2c(c(=O)[nH]1)CCC21CCN(C(=O)C2CCCCN2)CC1. The van der Waals surface area contributed by atoms with Gasteiger partial charge in [0.1, 0.15) is 0 Å². The second-order valence-corrected chi connectivity index (χ2v) is 7.39. The monoisotopic (exact) mass is 331 g/mol. The lowest BCUT2D eigenvalue weighted by molar-refractivity contribution is -0.135. The number of carbonyl (C=O) groups is 1. The second-order valence-electron chi connectivity index (χ2n) is 7.39. The summed E-state index contributed by atoms with van der Waals surface area (Å²) < 4.78 is 0. The van der Waals surface area contributed by atoms with Gasteiger partial charge < -0.3 is 16.0 Å². The summed E-state index contributed by atoms with van der Waals surface area (Å²) in [5.41, 5.74) is 7.25. The van der Waals surface area contributed by atoms with Crippen molar-refractivity contribution in [3.63, 3.8) is 0 Å². The Morgan fingerprint density at radius 3 is 2.75 bits per heavy atom. The number of amides is 1. The Labute approximate surface area is 141 Å². The molecule has 1 spiro atoms. The molecule has 0 bridgehead atoms. The zero-order chi connectivity index (χ0) is 16.7. The summed E-state index contributed by atoms with van der Waals surface area (Å²) in [6.07, 6.45) is 6.66. The minimum Gasteiger partial charge on any atom is -0.369 e. The van der Waals surface area contributed by atoms with Gasteiger partial charge in [0.2, 0.25) is 11.9 Å². The molecule has 2 saturated heterocycles. The number of likely N-dealkylation sites (tertiary alicyclic amines) is 1. The number of nitrogen functional groups attached to an aromatic ring is 1. The van der Waals surface area contributed by atoms with Crippen molar-refractivity contribution < 1.29 is 4.79 Å². The molecule has 1 unspecified atom stereocenters. The van der Waals surface area contributed by atoms with E-state index in [0.717, 1.165) is 75.8 Å². The fourth-order valence-electron chi connectivity index (χ4n) is 4.59. The van der Waals surface area contributed by atoms with E-state index < -0.39 is 0 Å². The van der Waals surface area contributed by atoms with Gasteiger partial charge >= 0.3 is 0 Å². The van der Waals surface area contributed by atoms with Gasteiger partial charge in [-0.3, -0.25) is 14.6 Å². The molecule has 3 heterocycles. The molecular weight excluding hydrogens is 306 g/mol. The van der Waals surface area contributed by atoms with Gasteiger partial charge in [0, 0.05) is 24.1 Å². The zero-order valence-corrected chi connectivity index (χ0v) is 13.9. The second kappa shape index (κ2) is 5.88. The molecule has 4 rings (SSSR count). The number of anilines is 1. The highest BCUT2D eigenvalue weighted by Crippen LogP contribution is 2.44. The summed E-state index contributed by atoms with van der Waals surface area (Å²) in [7, 11) is 0. The molecule has 1 amide bonds. The van der Waals surface area contributed by atoms with Crippen molar-refractivity contribution >= 4 is 11.9 Å². The summed E-state index contributed by atoms with van der Waals surface area (Å²) in [6, 6.07) is -0.0136. The van der Waals surface area contributed by atoms with E-state index >= 15 is 0 Å². The van der Waals surface area contributed by atoms with E-state index in [4.69, 9.17) is 5.73 Å². The Hall–Kier alpha value is -1.89. The number of hydrogen-bond donors (Lipinski definition) is 3. The maximum Gasteiger partial charge on any atom is 0.255 e. The average Bonchev–Trinajstić information content (AvgIpc) is 2.94. The van der Waals surface area contributed by atoms with Crippen LogP contribution in [0.4, 0.5) is 5.95 Å². The van der Waals surface area contributed by atoms with Crippen molar-refractivity contribution in [1.82, 2.24) is 20.2 Å². The van der Waals surface area contributed by atoms with Crippen molar-refractivity contribution in [2.45, 2.75) is 56.4 Å². The van der Waals surface area contributed by atoms with Crippen LogP contribution in [0.15, 0.2) is 4.79 Å². The largest absolute Gasteiger partial charge is 0.369 e. The first-order valence-electron chi connectivity index (χ1n) is 9.00. The standard InChI is InChI=1S/C17H25N5O2/c18-16-20-13-11(14(23)21-16)4-5-17(13)6-9-22(10-7-17)15(24)12-3-1-2-8-19-12/h12,19H,1-10H2,(H3,18,20,21,23). The number of nitrogens with two attached hydrogens (primary N) is 1. The van der Waals surface area contributed by atoms with Crippen molar-refractivity contribution in [3.05, 3.63) is 21.6 Å². The highest BCUT2D eigenvalue weighted by atomic mass is 16.2. The van der Waals surface area contributed by atoms with Crippen LogP contribution < -0.4 is 16.6 Å². The molecular formula is C17H25N5O2. The lowest BCUT2D eigenvalue weighted by Crippen LogP contribution is -2.52. The third-order valence-electron chi connectivity index (χ3n) is 6.03. The molecule has 1 atom stereocenters. The molecule has 1 aromatic rings. The predicted octanol–water partition coefficient (Wildman–Crippen LogP) is 0.301. The maximum atomic E-state index is 12.7. The van der Waals surface area contributed by atoms with Gasteiger partial charge in [-0.05, 0) is 45.1 Å². The van der Waals surface area contributed by atoms with Crippen LogP contribution in [0.1, 0.15) is 49.8 Å². The Kier molecular flexibility index (Phi) is 3.83. The Morgan fingerprint density at radius 2 is 2.04 bits per heavy atom. The van der Waals surface area contributed by atoms with Gasteiger partial charge in [-0.2, -0.15) is 0 Å². The molecule has 0 aromatic carbocycles. The van der Waals surface area contributed by atoms with E-state index in [9.17, 15) is 9.59 Å². The first-order valence-corrected chi connectivity index (χ1v) is 9.00. The molecule has 7 nitrogen and oxygen atoms in total. The van der Waals surface area contributed by atoms with E-state index in [1.54, 1.807) is 0 Å². The fraction of sp³-hybridized carbons (Fsp3) is 0.706. The van der Waals surface area contributed by atoms with Crippen LogP contribution in [-0.4, -0.2) is 46.5 Å². The van der Waals surface area contributed by atoms with Gasteiger partial charge in [0.05, 0.1) is 11.7 Å². The van der Waals surface area contributed by atoms with Gasteiger partial charge in [-0.25, -0.2) is 4.98 Å². The summed E-state index contributed by atoms with van der Waals surface area (Å²) in [4.78, 5) is 33.8. The van der Waals surface area contributed by atoms with Gasteiger partial charge in [0.25, 0.3) is 5.56 Å². The molecule has 4 N–H and O–H groups in total. The number of H-pyrrole nitrogens is 1. The summed E-state index contributed by atoms with van der Waals surface area (Å²) in [5.74, 6) is 0.436. The van der Waals surface area contributed by atoms with Crippen molar-refractivity contribution in [3.8, 4) is 0 Å². The molecule has 3 aliphatic rings. The number of rotatable bonds is 1. The van der Waals surface area contributed by atoms with Crippen LogP contribution in [0.25, 0.3) is 0 Å².